The molecule has 1 saturated heterocycles. The van der Waals surface area contributed by atoms with Crippen LogP contribution >= 0.6 is 0 Å². The first-order valence-electron chi connectivity index (χ1n) is 6.24. The van der Waals surface area contributed by atoms with E-state index in [2.05, 4.69) is 15.6 Å². The maximum absolute atomic E-state index is 5.70. The van der Waals surface area contributed by atoms with Gasteiger partial charge in [-0.25, -0.2) is 4.68 Å². The van der Waals surface area contributed by atoms with Crippen LogP contribution in [0.15, 0.2) is 30.5 Å². The Bertz CT molecular complexity index is 551. The molecule has 1 aliphatic rings. The van der Waals surface area contributed by atoms with Crippen molar-refractivity contribution in [2.24, 2.45) is 0 Å². The van der Waals surface area contributed by atoms with Crippen molar-refractivity contribution in [3.8, 4) is 11.5 Å². The highest BCUT2D eigenvalue weighted by Gasteiger charge is 2.20. The number of hydrogen-bond donors (Lipinski definition) is 1. The van der Waals surface area contributed by atoms with Crippen LogP contribution in [0.25, 0.3) is 0 Å². The molecule has 100 valence electrons. The molecule has 1 aliphatic heterocycles. The van der Waals surface area contributed by atoms with E-state index >= 15 is 0 Å². The van der Waals surface area contributed by atoms with Gasteiger partial charge in [0.05, 0.1) is 19.3 Å². The van der Waals surface area contributed by atoms with E-state index in [4.69, 9.17) is 9.47 Å². The highest BCUT2D eigenvalue weighted by atomic mass is 16.5. The number of nitrogens with one attached hydrogen (secondary N) is 1. The van der Waals surface area contributed by atoms with Gasteiger partial charge in [-0.3, -0.25) is 0 Å². The fourth-order valence-electron chi connectivity index (χ4n) is 1.91. The molecule has 0 radical (unpaired) electrons. The van der Waals surface area contributed by atoms with Crippen LogP contribution in [0.2, 0.25) is 0 Å². The second-order valence-electron chi connectivity index (χ2n) is 4.44. The first-order chi connectivity index (χ1) is 9.36. The molecule has 1 aromatic carbocycles. The zero-order chi connectivity index (χ0) is 13.1. The van der Waals surface area contributed by atoms with Crippen molar-refractivity contribution in [1.29, 1.82) is 0 Å². The molecule has 6 heteroatoms. The molecule has 6 nitrogen and oxygen atoms in total. The molecular formula is C13H16N4O2. The topological polar surface area (TPSA) is 61.2 Å². The molecule has 0 saturated carbocycles. The largest absolute Gasteiger partial charge is 0.493 e. The van der Waals surface area contributed by atoms with Crippen LogP contribution < -0.4 is 14.8 Å². The molecule has 0 atom stereocenters. The number of para-hydroxylation sites is 2. The van der Waals surface area contributed by atoms with Gasteiger partial charge in [0.2, 0.25) is 0 Å². The Labute approximate surface area is 111 Å². The van der Waals surface area contributed by atoms with Crippen molar-refractivity contribution in [2.75, 3.05) is 20.2 Å². The number of ether oxygens (including phenoxy) is 2. The van der Waals surface area contributed by atoms with Crippen LogP contribution in [0.3, 0.4) is 0 Å². The van der Waals surface area contributed by atoms with Gasteiger partial charge in [0.1, 0.15) is 12.3 Å². The van der Waals surface area contributed by atoms with E-state index in [0.29, 0.717) is 18.4 Å². The van der Waals surface area contributed by atoms with E-state index in [1.54, 1.807) is 7.11 Å². The zero-order valence-electron chi connectivity index (χ0n) is 10.7. The molecular weight excluding hydrogens is 244 g/mol. The Morgan fingerprint density at radius 3 is 2.79 bits per heavy atom. The van der Waals surface area contributed by atoms with Crippen molar-refractivity contribution in [2.45, 2.75) is 12.6 Å². The lowest BCUT2D eigenvalue weighted by molar-refractivity contribution is 0.280. The Morgan fingerprint density at radius 1 is 1.32 bits per heavy atom. The lowest BCUT2D eigenvalue weighted by Crippen LogP contribution is -2.43. The summed E-state index contributed by atoms with van der Waals surface area (Å²) < 4.78 is 12.8. The molecule has 19 heavy (non-hydrogen) atoms. The number of methoxy groups -OCH3 is 1. The Kier molecular flexibility index (Phi) is 3.33. The maximum atomic E-state index is 5.70. The lowest BCUT2D eigenvalue weighted by atomic mass is 10.2. The molecule has 0 unspecified atom stereocenters. The van der Waals surface area contributed by atoms with Crippen molar-refractivity contribution < 1.29 is 9.47 Å². The van der Waals surface area contributed by atoms with Crippen molar-refractivity contribution >= 4 is 0 Å². The van der Waals surface area contributed by atoms with Gasteiger partial charge in [0.15, 0.2) is 11.5 Å². The first kappa shape index (κ1) is 12.0. The van der Waals surface area contributed by atoms with Gasteiger partial charge in [-0.15, -0.1) is 5.10 Å². The second-order valence-corrected chi connectivity index (χ2v) is 4.44. The molecule has 0 aliphatic carbocycles. The standard InChI is InChI=1S/C13H16N4O2/c1-18-12-4-2-3-5-13(12)19-9-10-8-17(16-15-10)11-6-14-7-11/h2-5,8,11,14H,6-7,9H2,1H3. The molecule has 1 fully saturated rings. The van der Waals surface area contributed by atoms with Crippen LogP contribution in [0.5, 0.6) is 11.5 Å². The molecule has 2 aromatic rings. The van der Waals surface area contributed by atoms with Gasteiger partial charge in [-0.05, 0) is 12.1 Å². The van der Waals surface area contributed by atoms with Crippen molar-refractivity contribution in [1.82, 2.24) is 20.3 Å². The number of nitrogens with zero attached hydrogens (tertiary/aromatic N) is 3. The number of rotatable bonds is 5. The van der Waals surface area contributed by atoms with E-state index in [1.165, 1.54) is 0 Å². The minimum Gasteiger partial charge on any atom is -0.493 e. The van der Waals surface area contributed by atoms with Gasteiger partial charge < -0.3 is 14.8 Å². The second kappa shape index (κ2) is 5.27. The van der Waals surface area contributed by atoms with Crippen LogP contribution in [0.4, 0.5) is 0 Å². The molecule has 1 aromatic heterocycles. The third kappa shape index (κ3) is 2.53. The van der Waals surface area contributed by atoms with Crippen molar-refractivity contribution in [3.05, 3.63) is 36.2 Å². The Balaban J connectivity index is 1.63. The van der Waals surface area contributed by atoms with E-state index in [1.807, 2.05) is 35.1 Å². The van der Waals surface area contributed by atoms with Gasteiger partial charge in [-0.1, -0.05) is 17.3 Å². The lowest BCUT2D eigenvalue weighted by Gasteiger charge is -2.26. The van der Waals surface area contributed by atoms with Crippen LogP contribution in [-0.4, -0.2) is 35.2 Å². The average Bonchev–Trinajstić information content (AvgIpc) is 2.83. The summed E-state index contributed by atoms with van der Waals surface area (Å²) >= 11 is 0. The number of hydrogen-bond acceptors (Lipinski definition) is 5. The predicted octanol–water partition coefficient (Wildman–Crippen LogP) is 1.01. The van der Waals surface area contributed by atoms with Gasteiger partial charge in [0.25, 0.3) is 0 Å². The van der Waals surface area contributed by atoms with Crippen LogP contribution in [0.1, 0.15) is 11.7 Å². The predicted molar refractivity (Wildman–Crippen MR) is 69.3 cm³/mol. The summed E-state index contributed by atoms with van der Waals surface area (Å²) in [6.07, 6.45) is 1.93. The molecule has 0 amide bonds. The van der Waals surface area contributed by atoms with E-state index in [0.717, 1.165) is 24.5 Å². The quantitative estimate of drug-likeness (QED) is 0.869. The van der Waals surface area contributed by atoms with Gasteiger partial charge in [-0.2, -0.15) is 0 Å². The minimum atomic E-state index is 0.389. The summed E-state index contributed by atoms with van der Waals surface area (Å²) in [6, 6.07) is 7.98. The summed E-state index contributed by atoms with van der Waals surface area (Å²) in [6.45, 7) is 2.30. The number of aromatic nitrogens is 3. The third-order valence-electron chi connectivity index (χ3n) is 3.14. The molecule has 1 N–H and O–H groups in total. The maximum Gasteiger partial charge on any atom is 0.161 e. The molecule has 3 rings (SSSR count). The third-order valence-corrected chi connectivity index (χ3v) is 3.14. The van der Waals surface area contributed by atoms with Gasteiger partial charge in [0, 0.05) is 13.1 Å². The first-order valence-corrected chi connectivity index (χ1v) is 6.24. The fraction of sp³-hybridized carbons (Fsp3) is 0.385. The summed E-state index contributed by atoms with van der Waals surface area (Å²) in [5.41, 5.74) is 0.817. The molecule has 0 bridgehead atoms. The highest BCUT2D eigenvalue weighted by Crippen LogP contribution is 2.26. The highest BCUT2D eigenvalue weighted by molar-refractivity contribution is 5.39. The fourth-order valence-corrected chi connectivity index (χ4v) is 1.91. The summed E-state index contributed by atoms with van der Waals surface area (Å²) in [4.78, 5) is 0. The summed E-state index contributed by atoms with van der Waals surface area (Å²) in [7, 11) is 1.63. The summed E-state index contributed by atoms with van der Waals surface area (Å²) in [5.74, 6) is 1.43. The SMILES string of the molecule is COc1ccccc1OCc1cn(C2CNC2)nn1. The molecule has 0 spiro atoms. The van der Waals surface area contributed by atoms with Crippen LogP contribution in [0, 0.1) is 0 Å². The zero-order valence-corrected chi connectivity index (χ0v) is 10.7. The normalized spacial score (nSPS) is 15.0. The van der Waals surface area contributed by atoms with E-state index in [-0.39, 0.29) is 0 Å². The monoisotopic (exact) mass is 260 g/mol. The average molecular weight is 260 g/mol. The van der Waals surface area contributed by atoms with Crippen LogP contribution in [-0.2, 0) is 6.61 Å². The summed E-state index contributed by atoms with van der Waals surface area (Å²) in [5, 5.41) is 11.4. The Hall–Kier alpha value is -2.08. The smallest absolute Gasteiger partial charge is 0.161 e. The van der Waals surface area contributed by atoms with Gasteiger partial charge >= 0.3 is 0 Å². The molecule has 2 heterocycles. The van der Waals surface area contributed by atoms with E-state index < -0.39 is 0 Å². The Morgan fingerprint density at radius 2 is 2.11 bits per heavy atom. The van der Waals surface area contributed by atoms with E-state index in [9.17, 15) is 0 Å². The minimum absolute atomic E-state index is 0.389. The van der Waals surface area contributed by atoms with Crippen molar-refractivity contribution in [3.63, 3.8) is 0 Å². The number of benzene rings is 1.